The number of aliphatic hydroxyl groups excluding tert-OH is 1. The van der Waals surface area contributed by atoms with Crippen molar-refractivity contribution < 1.29 is 14.2 Å². The van der Waals surface area contributed by atoms with Crippen molar-refractivity contribution in [1.82, 2.24) is 24.6 Å². The van der Waals surface area contributed by atoms with Crippen LogP contribution in [0.1, 0.15) is 42.9 Å². The van der Waals surface area contributed by atoms with Gasteiger partial charge in [-0.05, 0) is 55.4 Å². The van der Waals surface area contributed by atoms with Gasteiger partial charge in [-0.15, -0.1) is 0 Å². The van der Waals surface area contributed by atoms with Gasteiger partial charge in [0, 0.05) is 25.8 Å². The molecule has 2 aliphatic rings. The number of benzene rings is 1. The molecule has 0 spiro atoms. The SMILES string of the molecule is COc1cc2c(cc1Nc1ncc3cnn([C@H]4CC[C@H](O)CC4)c3n1)CN(CCF)CC2. The molecule has 9 heteroatoms. The van der Waals surface area contributed by atoms with Gasteiger partial charge in [0.05, 0.1) is 36.5 Å². The maximum absolute atomic E-state index is 12.8. The number of hydrogen-bond donors (Lipinski definition) is 2. The van der Waals surface area contributed by atoms with E-state index in [0.29, 0.717) is 12.5 Å². The number of nitrogens with one attached hydrogen (secondary N) is 1. The van der Waals surface area contributed by atoms with Gasteiger partial charge in [-0.2, -0.15) is 10.1 Å². The maximum Gasteiger partial charge on any atom is 0.229 e. The summed E-state index contributed by atoms with van der Waals surface area (Å²) in [6, 6.07) is 4.35. The van der Waals surface area contributed by atoms with Crippen LogP contribution < -0.4 is 10.1 Å². The molecule has 1 aliphatic carbocycles. The Bertz CT molecular complexity index is 1100. The molecule has 170 valence electrons. The van der Waals surface area contributed by atoms with Gasteiger partial charge in [-0.3, -0.25) is 4.90 Å². The Hall–Kier alpha value is -2.78. The summed E-state index contributed by atoms with van der Waals surface area (Å²) in [4.78, 5) is 11.4. The van der Waals surface area contributed by atoms with Crippen molar-refractivity contribution >= 4 is 22.7 Å². The summed E-state index contributed by atoms with van der Waals surface area (Å²) >= 11 is 0. The van der Waals surface area contributed by atoms with Crippen molar-refractivity contribution in [3.8, 4) is 5.75 Å². The zero-order valence-corrected chi connectivity index (χ0v) is 18.3. The first kappa shape index (κ1) is 21.1. The van der Waals surface area contributed by atoms with Gasteiger partial charge in [0.1, 0.15) is 12.4 Å². The number of alkyl halides is 1. The summed E-state index contributed by atoms with van der Waals surface area (Å²) in [5.74, 6) is 1.21. The Balaban J connectivity index is 1.43. The third kappa shape index (κ3) is 4.14. The van der Waals surface area contributed by atoms with Crippen LogP contribution in [0, 0.1) is 0 Å². The average molecular weight is 441 g/mol. The van der Waals surface area contributed by atoms with Crippen LogP contribution in [0.5, 0.6) is 5.75 Å². The van der Waals surface area contributed by atoms with Crippen molar-refractivity contribution in [1.29, 1.82) is 0 Å². The van der Waals surface area contributed by atoms with E-state index in [9.17, 15) is 9.50 Å². The fourth-order valence-electron chi connectivity index (χ4n) is 4.81. The summed E-state index contributed by atoms with van der Waals surface area (Å²) in [5.41, 5.74) is 3.98. The minimum atomic E-state index is -0.335. The zero-order valence-electron chi connectivity index (χ0n) is 18.3. The van der Waals surface area contributed by atoms with E-state index in [1.165, 1.54) is 11.1 Å². The van der Waals surface area contributed by atoms with Crippen LogP contribution in [0.2, 0.25) is 0 Å². The van der Waals surface area contributed by atoms with Gasteiger partial charge < -0.3 is 15.2 Å². The lowest BCUT2D eigenvalue weighted by Crippen LogP contribution is -2.32. The first-order valence-corrected chi connectivity index (χ1v) is 11.3. The normalized spacial score (nSPS) is 21.5. The molecular formula is C23H29FN6O2. The molecule has 3 heterocycles. The highest BCUT2D eigenvalue weighted by Gasteiger charge is 2.24. The van der Waals surface area contributed by atoms with Crippen molar-refractivity contribution in [2.75, 3.05) is 32.2 Å². The zero-order chi connectivity index (χ0) is 22.1. The van der Waals surface area contributed by atoms with E-state index in [4.69, 9.17) is 9.72 Å². The van der Waals surface area contributed by atoms with Gasteiger partial charge in [-0.1, -0.05) is 0 Å². The number of rotatable bonds is 6. The number of aliphatic hydroxyl groups is 1. The fourth-order valence-corrected chi connectivity index (χ4v) is 4.81. The van der Waals surface area contributed by atoms with Crippen molar-refractivity contribution in [2.24, 2.45) is 0 Å². The predicted octanol–water partition coefficient (Wildman–Crippen LogP) is 3.38. The number of aromatic nitrogens is 4. The third-order valence-electron chi connectivity index (χ3n) is 6.61. The quantitative estimate of drug-likeness (QED) is 0.607. The molecule has 1 saturated carbocycles. The van der Waals surface area contributed by atoms with Crippen LogP contribution in [0.25, 0.3) is 11.0 Å². The van der Waals surface area contributed by atoms with Gasteiger partial charge >= 0.3 is 0 Å². The van der Waals surface area contributed by atoms with E-state index < -0.39 is 0 Å². The Morgan fingerprint density at radius 3 is 2.81 bits per heavy atom. The van der Waals surface area contributed by atoms with Gasteiger partial charge in [0.15, 0.2) is 5.65 Å². The topological polar surface area (TPSA) is 88.3 Å². The van der Waals surface area contributed by atoms with Crippen molar-refractivity contribution in [2.45, 2.75) is 50.8 Å². The van der Waals surface area contributed by atoms with Crippen LogP contribution in [0.15, 0.2) is 24.5 Å². The molecular weight excluding hydrogens is 411 g/mol. The molecule has 0 saturated heterocycles. The molecule has 1 aromatic carbocycles. The standard InChI is InChI=1S/C23H29FN6O2/c1-32-21-11-15-6-8-29(9-7-24)14-16(15)10-20(21)27-23-25-12-17-13-26-30(22(17)28-23)18-2-4-19(31)5-3-18/h10-13,18-19,31H,2-9,14H2,1H3,(H,25,27,28)/t18-,19-. The Morgan fingerprint density at radius 2 is 2.03 bits per heavy atom. The van der Waals surface area contributed by atoms with E-state index >= 15 is 0 Å². The van der Waals surface area contributed by atoms with E-state index in [-0.39, 0.29) is 18.8 Å². The lowest BCUT2D eigenvalue weighted by atomic mass is 9.93. The Labute approximate surface area is 186 Å². The second kappa shape index (κ2) is 8.99. The number of fused-ring (bicyclic) bond motifs is 2. The highest BCUT2D eigenvalue weighted by Crippen LogP contribution is 2.34. The highest BCUT2D eigenvalue weighted by atomic mass is 19.1. The molecule has 0 bridgehead atoms. The van der Waals surface area contributed by atoms with Gasteiger partial charge in [0.2, 0.25) is 5.95 Å². The minimum absolute atomic E-state index is 0.211. The number of anilines is 2. The van der Waals surface area contributed by atoms with Crippen LogP contribution >= 0.6 is 0 Å². The Kier molecular flexibility index (Phi) is 5.93. The second-order valence-corrected chi connectivity index (χ2v) is 8.69. The van der Waals surface area contributed by atoms with Crippen LogP contribution in [0.3, 0.4) is 0 Å². The van der Waals surface area contributed by atoms with Crippen LogP contribution in [-0.4, -0.2) is 62.7 Å². The second-order valence-electron chi connectivity index (χ2n) is 8.69. The first-order valence-electron chi connectivity index (χ1n) is 11.3. The molecule has 3 aromatic rings. The molecule has 8 nitrogen and oxygen atoms in total. The van der Waals surface area contributed by atoms with Crippen LogP contribution in [0.4, 0.5) is 16.0 Å². The highest BCUT2D eigenvalue weighted by molar-refractivity contribution is 5.76. The number of ether oxygens (including phenoxy) is 1. The number of hydrogen-bond acceptors (Lipinski definition) is 7. The molecule has 1 aliphatic heterocycles. The Morgan fingerprint density at radius 1 is 1.19 bits per heavy atom. The molecule has 2 aromatic heterocycles. The third-order valence-corrected chi connectivity index (χ3v) is 6.61. The number of halogens is 1. The first-order chi connectivity index (χ1) is 15.6. The molecule has 2 N–H and O–H groups in total. The summed E-state index contributed by atoms with van der Waals surface area (Å²) in [6.45, 7) is 1.70. The average Bonchev–Trinajstić information content (AvgIpc) is 3.22. The fraction of sp³-hybridized carbons (Fsp3) is 0.522. The van der Waals surface area contributed by atoms with Gasteiger partial charge in [0.25, 0.3) is 0 Å². The smallest absolute Gasteiger partial charge is 0.229 e. The van der Waals surface area contributed by atoms with E-state index in [2.05, 4.69) is 32.4 Å². The molecule has 0 atom stereocenters. The van der Waals surface area contributed by atoms with E-state index in [0.717, 1.165) is 67.7 Å². The van der Waals surface area contributed by atoms with Crippen molar-refractivity contribution in [3.63, 3.8) is 0 Å². The van der Waals surface area contributed by atoms with Crippen molar-refractivity contribution in [3.05, 3.63) is 35.7 Å². The molecule has 32 heavy (non-hydrogen) atoms. The molecule has 5 rings (SSSR count). The summed E-state index contributed by atoms with van der Waals surface area (Å²) < 4.78 is 20.4. The molecule has 1 fully saturated rings. The number of nitrogens with zero attached hydrogens (tertiary/aromatic N) is 5. The van der Waals surface area contributed by atoms with Gasteiger partial charge in [-0.25, -0.2) is 14.1 Å². The molecule has 0 radical (unpaired) electrons. The molecule has 0 unspecified atom stereocenters. The molecule has 0 amide bonds. The van der Waals surface area contributed by atoms with E-state index in [1.54, 1.807) is 19.5 Å². The summed E-state index contributed by atoms with van der Waals surface area (Å²) in [6.07, 6.45) is 7.59. The van der Waals surface area contributed by atoms with Crippen LogP contribution in [-0.2, 0) is 13.0 Å². The number of methoxy groups -OCH3 is 1. The summed E-state index contributed by atoms with van der Waals surface area (Å²) in [7, 11) is 1.65. The lowest BCUT2D eigenvalue weighted by Gasteiger charge is -2.29. The predicted molar refractivity (Wildman–Crippen MR) is 120 cm³/mol. The largest absolute Gasteiger partial charge is 0.495 e. The lowest BCUT2D eigenvalue weighted by molar-refractivity contribution is 0.109. The van der Waals surface area contributed by atoms with E-state index in [1.807, 2.05) is 4.68 Å². The monoisotopic (exact) mass is 440 g/mol. The minimum Gasteiger partial charge on any atom is -0.495 e. The maximum atomic E-state index is 12.8. The summed E-state index contributed by atoms with van der Waals surface area (Å²) in [5, 5.41) is 18.6.